The summed E-state index contributed by atoms with van der Waals surface area (Å²) in [6.45, 7) is 5.61. The Balaban J connectivity index is 1.67. The molecule has 1 aliphatic rings. The molecular formula is C22H27N3O4. The Morgan fingerprint density at radius 1 is 1.07 bits per heavy atom. The lowest BCUT2D eigenvalue weighted by molar-refractivity contribution is -0.136. The molecule has 7 nitrogen and oxygen atoms in total. The van der Waals surface area contributed by atoms with Gasteiger partial charge in [-0.2, -0.15) is 0 Å². The fourth-order valence-corrected chi connectivity index (χ4v) is 3.57. The van der Waals surface area contributed by atoms with Crippen LogP contribution in [0.25, 0.3) is 0 Å². The summed E-state index contributed by atoms with van der Waals surface area (Å²) < 4.78 is 5.81. The number of morpholine rings is 1. The number of ether oxygens (including phenoxy) is 1. The molecule has 1 heterocycles. The van der Waals surface area contributed by atoms with Crippen LogP contribution in [0, 0.1) is 0 Å². The van der Waals surface area contributed by atoms with E-state index in [-0.39, 0.29) is 24.7 Å². The normalized spacial score (nSPS) is 18.9. The van der Waals surface area contributed by atoms with Crippen molar-refractivity contribution >= 4 is 29.1 Å². The molecule has 0 saturated carbocycles. The number of carboxylic acid groups (broad SMARTS) is 1. The first-order valence-electron chi connectivity index (χ1n) is 9.79. The van der Waals surface area contributed by atoms with Crippen molar-refractivity contribution in [2.75, 3.05) is 28.6 Å². The minimum Gasteiger partial charge on any atom is -0.481 e. The third-order valence-electron chi connectivity index (χ3n) is 4.72. The number of carbonyl (C=O) groups excluding carboxylic acids is 1. The van der Waals surface area contributed by atoms with E-state index in [1.165, 1.54) is 0 Å². The molecule has 0 bridgehead atoms. The second kappa shape index (κ2) is 9.43. The van der Waals surface area contributed by atoms with Gasteiger partial charge >= 0.3 is 12.0 Å². The number of rotatable bonds is 6. The SMILES string of the molecule is CC1CN(c2ccccc2NC(=O)Nc2cccc(CCC(=O)O)c2)CC(C)O1. The maximum absolute atomic E-state index is 12.6. The molecule has 1 fully saturated rings. The van der Waals surface area contributed by atoms with E-state index in [0.29, 0.717) is 12.1 Å². The first-order valence-corrected chi connectivity index (χ1v) is 9.79. The Morgan fingerprint density at radius 3 is 2.52 bits per heavy atom. The highest BCUT2D eigenvalue weighted by atomic mass is 16.5. The first kappa shape index (κ1) is 20.7. The Morgan fingerprint density at radius 2 is 1.79 bits per heavy atom. The number of carbonyl (C=O) groups is 2. The number of carboxylic acids is 1. The van der Waals surface area contributed by atoms with Crippen molar-refractivity contribution in [3.05, 3.63) is 54.1 Å². The molecule has 1 aliphatic heterocycles. The molecule has 2 amide bonds. The van der Waals surface area contributed by atoms with Crippen LogP contribution in [0.3, 0.4) is 0 Å². The minimum absolute atomic E-state index is 0.0550. The number of hydrogen-bond donors (Lipinski definition) is 3. The van der Waals surface area contributed by atoms with Crippen LogP contribution >= 0.6 is 0 Å². The summed E-state index contributed by atoms with van der Waals surface area (Å²) in [6, 6.07) is 14.6. The Kier molecular flexibility index (Phi) is 6.72. The maximum Gasteiger partial charge on any atom is 0.323 e. The van der Waals surface area contributed by atoms with Crippen LogP contribution in [0.1, 0.15) is 25.8 Å². The van der Waals surface area contributed by atoms with Crippen LogP contribution in [-0.4, -0.2) is 42.4 Å². The quantitative estimate of drug-likeness (QED) is 0.686. The zero-order valence-electron chi connectivity index (χ0n) is 16.7. The second-order valence-corrected chi connectivity index (χ2v) is 7.35. The van der Waals surface area contributed by atoms with Crippen LogP contribution < -0.4 is 15.5 Å². The third-order valence-corrected chi connectivity index (χ3v) is 4.72. The molecule has 29 heavy (non-hydrogen) atoms. The molecule has 0 spiro atoms. The fourth-order valence-electron chi connectivity index (χ4n) is 3.57. The minimum atomic E-state index is -0.843. The number of nitrogens with one attached hydrogen (secondary N) is 2. The van der Waals surface area contributed by atoms with Gasteiger partial charge in [-0.3, -0.25) is 4.79 Å². The Hall–Kier alpha value is -3.06. The van der Waals surface area contributed by atoms with Gasteiger partial charge in [0, 0.05) is 25.2 Å². The highest BCUT2D eigenvalue weighted by molar-refractivity contribution is 6.01. The number of anilines is 3. The Labute approximate surface area is 170 Å². The first-order chi connectivity index (χ1) is 13.9. The molecule has 2 aromatic rings. The zero-order chi connectivity index (χ0) is 20.8. The van der Waals surface area contributed by atoms with E-state index in [9.17, 15) is 9.59 Å². The van der Waals surface area contributed by atoms with Gasteiger partial charge in [-0.25, -0.2) is 4.79 Å². The molecule has 3 rings (SSSR count). The summed E-state index contributed by atoms with van der Waals surface area (Å²) in [5.74, 6) is -0.843. The van der Waals surface area contributed by atoms with Gasteiger partial charge in [0.1, 0.15) is 0 Å². The van der Waals surface area contributed by atoms with Gasteiger partial charge in [0.05, 0.1) is 23.6 Å². The molecular weight excluding hydrogens is 370 g/mol. The van der Waals surface area contributed by atoms with Gasteiger partial charge in [-0.05, 0) is 50.1 Å². The molecule has 2 unspecified atom stereocenters. The van der Waals surface area contributed by atoms with Crippen molar-refractivity contribution in [2.24, 2.45) is 0 Å². The average molecular weight is 397 g/mol. The predicted octanol–water partition coefficient (Wildman–Crippen LogP) is 3.96. The second-order valence-electron chi connectivity index (χ2n) is 7.35. The zero-order valence-corrected chi connectivity index (χ0v) is 16.7. The van der Waals surface area contributed by atoms with E-state index in [4.69, 9.17) is 9.84 Å². The van der Waals surface area contributed by atoms with Crippen LogP contribution in [0.4, 0.5) is 21.9 Å². The van der Waals surface area contributed by atoms with Crippen molar-refractivity contribution in [3.63, 3.8) is 0 Å². The van der Waals surface area contributed by atoms with Gasteiger partial charge < -0.3 is 25.4 Å². The molecule has 1 saturated heterocycles. The largest absolute Gasteiger partial charge is 0.481 e. The van der Waals surface area contributed by atoms with Gasteiger partial charge in [0.2, 0.25) is 0 Å². The summed E-state index contributed by atoms with van der Waals surface area (Å²) in [4.78, 5) is 25.5. The van der Waals surface area contributed by atoms with Crippen LogP contribution in [0.15, 0.2) is 48.5 Å². The lowest BCUT2D eigenvalue weighted by atomic mass is 10.1. The number of benzene rings is 2. The highest BCUT2D eigenvalue weighted by Crippen LogP contribution is 2.28. The molecule has 0 aliphatic carbocycles. The van der Waals surface area contributed by atoms with E-state index in [0.717, 1.165) is 30.0 Å². The van der Waals surface area contributed by atoms with Crippen LogP contribution in [0.2, 0.25) is 0 Å². The number of hydrogen-bond acceptors (Lipinski definition) is 4. The maximum atomic E-state index is 12.6. The monoisotopic (exact) mass is 397 g/mol. The van der Waals surface area contributed by atoms with E-state index >= 15 is 0 Å². The number of amides is 2. The van der Waals surface area contributed by atoms with Crippen molar-refractivity contribution in [3.8, 4) is 0 Å². The molecule has 3 N–H and O–H groups in total. The molecule has 0 radical (unpaired) electrons. The van der Waals surface area contributed by atoms with E-state index in [1.54, 1.807) is 18.2 Å². The topological polar surface area (TPSA) is 90.9 Å². The van der Waals surface area contributed by atoms with E-state index in [2.05, 4.69) is 15.5 Å². The van der Waals surface area contributed by atoms with Crippen molar-refractivity contribution in [1.82, 2.24) is 0 Å². The summed E-state index contributed by atoms with van der Waals surface area (Å²) in [5.41, 5.74) is 3.17. The molecule has 154 valence electrons. The molecule has 2 aromatic carbocycles. The van der Waals surface area contributed by atoms with Crippen molar-refractivity contribution in [1.29, 1.82) is 0 Å². The molecule has 7 heteroatoms. The summed E-state index contributed by atoms with van der Waals surface area (Å²) >= 11 is 0. The van der Waals surface area contributed by atoms with Crippen LogP contribution in [-0.2, 0) is 16.0 Å². The van der Waals surface area contributed by atoms with Crippen LogP contribution in [0.5, 0.6) is 0 Å². The highest BCUT2D eigenvalue weighted by Gasteiger charge is 2.24. The van der Waals surface area contributed by atoms with Crippen molar-refractivity contribution < 1.29 is 19.4 Å². The van der Waals surface area contributed by atoms with E-state index in [1.807, 2.05) is 44.2 Å². The number of nitrogens with zero attached hydrogens (tertiary/aromatic N) is 1. The van der Waals surface area contributed by atoms with Gasteiger partial charge in [0.15, 0.2) is 0 Å². The Bertz CT molecular complexity index is 861. The number of urea groups is 1. The number of aryl methyl sites for hydroxylation is 1. The number of para-hydroxylation sites is 2. The number of aliphatic carboxylic acids is 1. The fraction of sp³-hybridized carbons (Fsp3) is 0.364. The summed E-state index contributed by atoms with van der Waals surface area (Å²) in [6.07, 6.45) is 0.714. The lowest BCUT2D eigenvalue weighted by Gasteiger charge is -2.37. The molecule has 0 aromatic heterocycles. The molecule has 2 atom stereocenters. The van der Waals surface area contributed by atoms with Gasteiger partial charge in [0.25, 0.3) is 0 Å². The standard InChI is InChI=1S/C22H27N3O4/c1-15-13-25(14-16(2)29-15)20-9-4-3-8-19(20)24-22(28)23-18-7-5-6-17(12-18)10-11-21(26)27/h3-9,12,15-16H,10-11,13-14H2,1-2H3,(H,26,27)(H2,23,24,28). The lowest BCUT2D eigenvalue weighted by Crippen LogP contribution is -2.45. The van der Waals surface area contributed by atoms with Gasteiger partial charge in [-0.1, -0.05) is 24.3 Å². The average Bonchev–Trinajstić information content (AvgIpc) is 2.66. The summed E-state index contributed by atoms with van der Waals surface area (Å²) in [7, 11) is 0. The van der Waals surface area contributed by atoms with Crippen molar-refractivity contribution in [2.45, 2.75) is 38.9 Å². The smallest absolute Gasteiger partial charge is 0.323 e. The van der Waals surface area contributed by atoms with Gasteiger partial charge in [-0.15, -0.1) is 0 Å². The third kappa shape index (κ3) is 5.96. The predicted molar refractivity (Wildman–Crippen MR) is 114 cm³/mol. The van der Waals surface area contributed by atoms with E-state index < -0.39 is 5.97 Å². The summed E-state index contributed by atoms with van der Waals surface area (Å²) in [5, 5.41) is 14.6.